The minimum absolute atomic E-state index is 0.0321. The molecule has 0 spiro atoms. The molecule has 1 aromatic rings. The van der Waals surface area contributed by atoms with Crippen LogP contribution >= 0.6 is 0 Å². The van der Waals surface area contributed by atoms with E-state index in [4.69, 9.17) is 0 Å². The van der Waals surface area contributed by atoms with Crippen LogP contribution in [-0.4, -0.2) is 42.9 Å². The molecule has 0 unspecified atom stereocenters. The third-order valence-electron chi connectivity index (χ3n) is 5.46. The van der Waals surface area contributed by atoms with Crippen LogP contribution < -0.4 is 10.2 Å². The third-order valence-corrected chi connectivity index (χ3v) is 5.46. The van der Waals surface area contributed by atoms with Gasteiger partial charge in [-0.05, 0) is 62.8 Å². The molecule has 0 aliphatic carbocycles. The average Bonchev–Trinajstić information content (AvgIpc) is 2.69. The first-order chi connectivity index (χ1) is 12.7. The number of anilines is 2. The predicted octanol–water partition coefficient (Wildman–Crippen LogP) is 3.65. The fourth-order valence-corrected chi connectivity index (χ4v) is 3.94. The van der Waals surface area contributed by atoms with Crippen molar-refractivity contribution >= 4 is 23.2 Å². The second kappa shape index (κ2) is 9.06. The van der Waals surface area contributed by atoms with Crippen LogP contribution in [0.2, 0.25) is 0 Å². The summed E-state index contributed by atoms with van der Waals surface area (Å²) in [6, 6.07) is 8.17. The van der Waals surface area contributed by atoms with E-state index in [1.807, 2.05) is 24.0 Å². The van der Waals surface area contributed by atoms with Gasteiger partial charge in [0.05, 0.1) is 5.92 Å². The Labute approximate surface area is 156 Å². The molecule has 2 fully saturated rings. The van der Waals surface area contributed by atoms with Gasteiger partial charge in [-0.1, -0.05) is 6.92 Å². The van der Waals surface area contributed by atoms with E-state index in [1.165, 1.54) is 24.9 Å². The maximum atomic E-state index is 12.6. The number of benzene rings is 1. The molecule has 2 amide bonds. The maximum Gasteiger partial charge on any atom is 0.229 e. The molecule has 2 saturated heterocycles. The molecule has 26 heavy (non-hydrogen) atoms. The Morgan fingerprint density at radius 1 is 1.04 bits per heavy atom. The Bertz CT molecular complexity index is 608. The van der Waals surface area contributed by atoms with Gasteiger partial charge in [0.1, 0.15) is 0 Å². The Hall–Kier alpha value is -2.04. The number of hydrogen-bond donors (Lipinski definition) is 1. The Balaban J connectivity index is 1.54. The molecule has 1 aromatic carbocycles. The van der Waals surface area contributed by atoms with E-state index < -0.39 is 0 Å². The van der Waals surface area contributed by atoms with Gasteiger partial charge in [-0.3, -0.25) is 9.59 Å². The number of amides is 2. The van der Waals surface area contributed by atoms with Crippen LogP contribution in [0.15, 0.2) is 24.3 Å². The standard InChI is InChI=1S/C21H31N3O2/c1-2-7-20(25)24-15-6-8-17(16-24)21(26)22-18-9-11-19(12-10-18)23-13-4-3-5-14-23/h9-12,17H,2-8,13-16H2,1H3,(H,22,26)/t17-/m0/s1. The summed E-state index contributed by atoms with van der Waals surface area (Å²) in [6.45, 7) is 5.59. The second-order valence-corrected chi connectivity index (χ2v) is 7.51. The molecule has 2 aliphatic rings. The summed E-state index contributed by atoms with van der Waals surface area (Å²) < 4.78 is 0. The van der Waals surface area contributed by atoms with E-state index in [9.17, 15) is 9.59 Å². The number of likely N-dealkylation sites (tertiary alicyclic amines) is 1. The molecule has 5 nitrogen and oxygen atoms in total. The minimum atomic E-state index is -0.105. The number of carbonyl (C=O) groups excluding carboxylic acids is 2. The maximum absolute atomic E-state index is 12.6. The summed E-state index contributed by atoms with van der Waals surface area (Å²) in [6.07, 6.45) is 7.03. The van der Waals surface area contributed by atoms with Crippen LogP contribution in [0.4, 0.5) is 11.4 Å². The molecule has 3 rings (SSSR count). The quantitative estimate of drug-likeness (QED) is 0.875. The molecule has 2 aliphatic heterocycles. The fourth-order valence-electron chi connectivity index (χ4n) is 3.94. The molecule has 0 radical (unpaired) electrons. The van der Waals surface area contributed by atoms with E-state index in [0.717, 1.165) is 44.6 Å². The van der Waals surface area contributed by atoms with E-state index in [0.29, 0.717) is 13.0 Å². The number of nitrogens with one attached hydrogen (secondary N) is 1. The van der Waals surface area contributed by atoms with Crippen LogP contribution in [0.25, 0.3) is 0 Å². The van der Waals surface area contributed by atoms with Crippen molar-refractivity contribution in [2.75, 3.05) is 36.4 Å². The highest BCUT2D eigenvalue weighted by atomic mass is 16.2. The van der Waals surface area contributed by atoms with Crippen molar-refractivity contribution < 1.29 is 9.59 Å². The number of carbonyl (C=O) groups is 2. The fraction of sp³-hybridized carbons (Fsp3) is 0.619. The van der Waals surface area contributed by atoms with Gasteiger partial charge in [-0.15, -0.1) is 0 Å². The summed E-state index contributed by atoms with van der Waals surface area (Å²) >= 11 is 0. The SMILES string of the molecule is CCCC(=O)N1CCC[C@H](C(=O)Nc2ccc(N3CCCCC3)cc2)C1. The van der Waals surface area contributed by atoms with E-state index in [1.54, 1.807) is 0 Å². The summed E-state index contributed by atoms with van der Waals surface area (Å²) in [5.74, 6) is 0.104. The lowest BCUT2D eigenvalue weighted by atomic mass is 9.96. The molecule has 1 atom stereocenters. The van der Waals surface area contributed by atoms with E-state index >= 15 is 0 Å². The predicted molar refractivity (Wildman–Crippen MR) is 105 cm³/mol. The lowest BCUT2D eigenvalue weighted by Crippen LogP contribution is -2.43. The first kappa shape index (κ1) is 18.7. The monoisotopic (exact) mass is 357 g/mol. The Morgan fingerprint density at radius 2 is 1.77 bits per heavy atom. The first-order valence-corrected chi connectivity index (χ1v) is 10.1. The molecule has 2 heterocycles. The van der Waals surface area contributed by atoms with Gasteiger partial charge in [-0.25, -0.2) is 0 Å². The van der Waals surface area contributed by atoms with Gasteiger partial charge in [-0.2, -0.15) is 0 Å². The number of piperidine rings is 2. The van der Waals surface area contributed by atoms with Crippen molar-refractivity contribution in [3.05, 3.63) is 24.3 Å². The second-order valence-electron chi connectivity index (χ2n) is 7.51. The van der Waals surface area contributed by atoms with Crippen LogP contribution in [-0.2, 0) is 9.59 Å². The number of rotatable bonds is 5. The molecule has 0 saturated carbocycles. The smallest absolute Gasteiger partial charge is 0.229 e. The van der Waals surface area contributed by atoms with Crippen molar-refractivity contribution in [1.82, 2.24) is 4.90 Å². The molecular formula is C21H31N3O2. The topological polar surface area (TPSA) is 52.7 Å². The normalized spacial score (nSPS) is 20.7. The highest BCUT2D eigenvalue weighted by molar-refractivity contribution is 5.93. The minimum Gasteiger partial charge on any atom is -0.372 e. The first-order valence-electron chi connectivity index (χ1n) is 10.1. The lowest BCUT2D eigenvalue weighted by molar-refractivity contribution is -0.134. The summed E-state index contributed by atoms with van der Waals surface area (Å²) in [5.41, 5.74) is 2.07. The molecule has 0 aromatic heterocycles. The van der Waals surface area contributed by atoms with Crippen LogP contribution in [0.1, 0.15) is 51.9 Å². The molecule has 142 valence electrons. The molecule has 0 bridgehead atoms. The average molecular weight is 357 g/mol. The van der Waals surface area contributed by atoms with Crippen LogP contribution in [0.5, 0.6) is 0 Å². The third kappa shape index (κ3) is 4.77. The zero-order valence-corrected chi connectivity index (χ0v) is 15.9. The number of hydrogen-bond acceptors (Lipinski definition) is 3. The molecular weight excluding hydrogens is 326 g/mol. The highest BCUT2D eigenvalue weighted by Gasteiger charge is 2.28. The van der Waals surface area contributed by atoms with Crippen LogP contribution in [0.3, 0.4) is 0 Å². The van der Waals surface area contributed by atoms with Crippen molar-refractivity contribution in [3.8, 4) is 0 Å². The van der Waals surface area contributed by atoms with Crippen molar-refractivity contribution in [2.45, 2.75) is 51.9 Å². The van der Waals surface area contributed by atoms with Gasteiger partial charge in [0.15, 0.2) is 0 Å². The van der Waals surface area contributed by atoms with Gasteiger partial charge in [0, 0.05) is 44.0 Å². The zero-order valence-electron chi connectivity index (χ0n) is 15.9. The number of nitrogens with zero attached hydrogens (tertiary/aromatic N) is 2. The van der Waals surface area contributed by atoms with Gasteiger partial charge < -0.3 is 15.1 Å². The highest BCUT2D eigenvalue weighted by Crippen LogP contribution is 2.23. The molecule has 1 N–H and O–H groups in total. The van der Waals surface area contributed by atoms with Gasteiger partial charge in [0.25, 0.3) is 0 Å². The Kier molecular flexibility index (Phi) is 6.53. The Morgan fingerprint density at radius 3 is 2.46 bits per heavy atom. The van der Waals surface area contributed by atoms with Crippen molar-refractivity contribution in [2.24, 2.45) is 5.92 Å². The summed E-state index contributed by atoms with van der Waals surface area (Å²) in [4.78, 5) is 29.0. The largest absolute Gasteiger partial charge is 0.372 e. The van der Waals surface area contributed by atoms with Crippen molar-refractivity contribution in [1.29, 1.82) is 0 Å². The summed E-state index contributed by atoms with van der Waals surface area (Å²) in [7, 11) is 0. The van der Waals surface area contributed by atoms with E-state index in [-0.39, 0.29) is 17.7 Å². The summed E-state index contributed by atoms with van der Waals surface area (Å²) in [5, 5.41) is 3.04. The molecule has 5 heteroatoms. The van der Waals surface area contributed by atoms with Gasteiger partial charge >= 0.3 is 0 Å². The van der Waals surface area contributed by atoms with Gasteiger partial charge in [0.2, 0.25) is 11.8 Å². The van der Waals surface area contributed by atoms with Crippen molar-refractivity contribution in [3.63, 3.8) is 0 Å². The lowest BCUT2D eigenvalue weighted by Gasteiger charge is -2.32. The van der Waals surface area contributed by atoms with Crippen LogP contribution in [0, 0.1) is 5.92 Å². The zero-order chi connectivity index (χ0) is 18.4. The van der Waals surface area contributed by atoms with E-state index in [2.05, 4.69) is 22.3 Å².